The molecule has 2 aromatic rings. The standard InChI is InChI=1S/C12H10Br2O2S2/c13-11-6-9(12(14)18-11)10(15)7-16-4-3-8-2-1-5-17-8/h1-2,5-6H,3-4,7H2. The molecule has 0 fully saturated rings. The van der Waals surface area contributed by atoms with E-state index in [2.05, 4.69) is 37.9 Å². The Morgan fingerprint density at radius 1 is 1.39 bits per heavy atom. The van der Waals surface area contributed by atoms with Crippen molar-refractivity contribution in [1.29, 1.82) is 0 Å². The molecule has 0 aliphatic rings. The van der Waals surface area contributed by atoms with Crippen LogP contribution in [0.5, 0.6) is 0 Å². The van der Waals surface area contributed by atoms with E-state index in [4.69, 9.17) is 4.74 Å². The van der Waals surface area contributed by atoms with Gasteiger partial charge in [-0.05, 0) is 49.4 Å². The largest absolute Gasteiger partial charge is 0.373 e. The van der Waals surface area contributed by atoms with Crippen molar-refractivity contribution in [2.24, 2.45) is 0 Å². The molecule has 2 heterocycles. The van der Waals surface area contributed by atoms with Crippen LogP contribution in [0.1, 0.15) is 15.2 Å². The number of carbonyl (C=O) groups is 1. The third-order valence-corrected chi connectivity index (χ3v) is 5.54. The van der Waals surface area contributed by atoms with Crippen molar-refractivity contribution in [1.82, 2.24) is 0 Å². The number of rotatable bonds is 6. The second-order valence-corrected chi connectivity index (χ2v) is 8.32. The average molecular weight is 410 g/mol. The number of halogens is 2. The maximum absolute atomic E-state index is 11.9. The van der Waals surface area contributed by atoms with E-state index >= 15 is 0 Å². The minimum absolute atomic E-state index is 0.00926. The van der Waals surface area contributed by atoms with Crippen molar-refractivity contribution >= 4 is 60.3 Å². The molecule has 0 amide bonds. The highest BCUT2D eigenvalue weighted by molar-refractivity contribution is 9.12. The van der Waals surface area contributed by atoms with Gasteiger partial charge in [0.15, 0.2) is 5.78 Å². The molecule has 0 bridgehead atoms. The molecule has 0 N–H and O–H groups in total. The van der Waals surface area contributed by atoms with E-state index < -0.39 is 0 Å². The Morgan fingerprint density at radius 2 is 2.22 bits per heavy atom. The maximum Gasteiger partial charge on any atom is 0.190 e. The molecule has 0 saturated carbocycles. The van der Waals surface area contributed by atoms with Crippen molar-refractivity contribution < 1.29 is 9.53 Å². The topological polar surface area (TPSA) is 26.3 Å². The summed E-state index contributed by atoms with van der Waals surface area (Å²) < 4.78 is 7.20. The van der Waals surface area contributed by atoms with Crippen LogP contribution in [0.2, 0.25) is 0 Å². The normalized spacial score (nSPS) is 10.8. The number of ether oxygens (including phenoxy) is 1. The average Bonchev–Trinajstić information content (AvgIpc) is 2.94. The molecular formula is C12H10Br2O2S2. The summed E-state index contributed by atoms with van der Waals surface area (Å²) in [6.45, 7) is 0.711. The number of ketones is 1. The van der Waals surface area contributed by atoms with Gasteiger partial charge in [0.25, 0.3) is 0 Å². The number of Topliss-reactive ketones (excluding diaryl/α,β-unsaturated/α-hetero) is 1. The molecule has 0 aliphatic carbocycles. The van der Waals surface area contributed by atoms with Gasteiger partial charge < -0.3 is 4.74 Å². The fraction of sp³-hybridized carbons (Fsp3) is 0.250. The molecule has 0 aromatic carbocycles. The van der Waals surface area contributed by atoms with Gasteiger partial charge in [0, 0.05) is 16.9 Å². The molecular weight excluding hydrogens is 400 g/mol. The van der Waals surface area contributed by atoms with E-state index in [1.165, 1.54) is 16.2 Å². The summed E-state index contributed by atoms with van der Waals surface area (Å²) in [5.74, 6) is 0.00926. The Morgan fingerprint density at radius 3 is 2.83 bits per heavy atom. The lowest BCUT2D eigenvalue weighted by atomic mass is 10.2. The monoisotopic (exact) mass is 408 g/mol. The molecule has 0 atom stereocenters. The van der Waals surface area contributed by atoms with Crippen molar-refractivity contribution in [2.45, 2.75) is 6.42 Å². The third-order valence-electron chi connectivity index (χ3n) is 2.26. The summed E-state index contributed by atoms with van der Waals surface area (Å²) in [4.78, 5) is 13.2. The molecule has 18 heavy (non-hydrogen) atoms. The third kappa shape index (κ3) is 3.99. The summed E-state index contributed by atoms with van der Waals surface area (Å²) >= 11 is 9.93. The van der Waals surface area contributed by atoms with Crippen LogP contribution < -0.4 is 0 Å². The van der Waals surface area contributed by atoms with Crippen molar-refractivity contribution in [3.63, 3.8) is 0 Å². The van der Waals surface area contributed by atoms with Crippen LogP contribution >= 0.6 is 54.5 Å². The Bertz CT molecular complexity index is 520. The number of hydrogen-bond donors (Lipinski definition) is 0. The van der Waals surface area contributed by atoms with Gasteiger partial charge in [0.1, 0.15) is 6.61 Å². The van der Waals surface area contributed by atoms with Gasteiger partial charge >= 0.3 is 0 Å². The Balaban J connectivity index is 1.77. The maximum atomic E-state index is 11.9. The van der Waals surface area contributed by atoms with Gasteiger partial charge in [-0.25, -0.2) is 0 Å². The lowest BCUT2D eigenvalue weighted by Gasteiger charge is -2.02. The number of thiophene rings is 2. The van der Waals surface area contributed by atoms with E-state index in [1.54, 1.807) is 11.3 Å². The second-order valence-electron chi connectivity index (χ2n) is 3.54. The van der Waals surface area contributed by atoms with E-state index in [-0.39, 0.29) is 12.4 Å². The summed E-state index contributed by atoms with van der Waals surface area (Å²) in [7, 11) is 0. The minimum atomic E-state index is 0.00926. The first-order chi connectivity index (χ1) is 8.66. The Labute approximate surface area is 130 Å². The molecule has 0 unspecified atom stereocenters. The highest BCUT2D eigenvalue weighted by Crippen LogP contribution is 2.32. The molecule has 6 heteroatoms. The van der Waals surface area contributed by atoms with E-state index in [0.717, 1.165) is 14.0 Å². The van der Waals surface area contributed by atoms with Crippen molar-refractivity contribution in [3.05, 3.63) is 41.6 Å². The summed E-state index contributed by atoms with van der Waals surface area (Å²) in [5.41, 5.74) is 0.683. The van der Waals surface area contributed by atoms with Crippen LogP contribution in [0, 0.1) is 0 Å². The summed E-state index contributed by atoms with van der Waals surface area (Å²) in [6.07, 6.45) is 0.861. The zero-order valence-electron chi connectivity index (χ0n) is 9.32. The lowest BCUT2D eigenvalue weighted by molar-refractivity contribution is 0.0766. The Kier molecular flexibility index (Phi) is 5.56. The quantitative estimate of drug-likeness (QED) is 0.507. The van der Waals surface area contributed by atoms with Gasteiger partial charge in [-0.1, -0.05) is 6.07 Å². The smallest absolute Gasteiger partial charge is 0.190 e. The first kappa shape index (κ1) is 14.4. The second kappa shape index (κ2) is 6.96. The molecule has 2 nitrogen and oxygen atoms in total. The lowest BCUT2D eigenvalue weighted by Crippen LogP contribution is -2.10. The van der Waals surface area contributed by atoms with Crippen molar-refractivity contribution in [2.75, 3.05) is 13.2 Å². The molecule has 2 aromatic heterocycles. The van der Waals surface area contributed by atoms with Crippen LogP contribution in [0.25, 0.3) is 0 Å². The van der Waals surface area contributed by atoms with Gasteiger partial charge in [-0.15, -0.1) is 22.7 Å². The molecule has 0 aliphatic heterocycles. The van der Waals surface area contributed by atoms with Gasteiger partial charge in [0.2, 0.25) is 0 Å². The van der Waals surface area contributed by atoms with Crippen LogP contribution in [0.15, 0.2) is 31.2 Å². The molecule has 96 valence electrons. The fourth-order valence-corrected chi connectivity index (χ4v) is 4.95. The van der Waals surface area contributed by atoms with Crippen LogP contribution in [0.4, 0.5) is 0 Å². The zero-order valence-corrected chi connectivity index (χ0v) is 14.1. The predicted molar refractivity (Wildman–Crippen MR) is 82.9 cm³/mol. The summed E-state index contributed by atoms with van der Waals surface area (Å²) in [6, 6.07) is 5.91. The van der Waals surface area contributed by atoms with Gasteiger partial charge in [-0.2, -0.15) is 0 Å². The highest BCUT2D eigenvalue weighted by atomic mass is 79.9. The zero-order chi connectivity index (χ0) is 13.0. The first-order valence-electron chi connectivity index (χ1n) is 5.25. The van der Waals surface area contributed by atoms with E-state index in [0.29, 0.717) is 12.2 Å². The van der Waals surface area contributed by atoms with E-state index in [1.807, 2.05) is 17.5 Å². The minimum Gasteiger partial charge on any atom is -0.373 e. The molecule has 0 saturated heterocycles. The number of carbonyl (C=O) groups excluding carboxylic acids is 1. The molecule has 2 rings (SSSR count). The van der Waals surface area contributed by atoms with Crippen molar-refractivity contribution in [3.8, 4) is 0 Å². The Hall–Kier alpha value is -0.0100. The van der Waals surface area contributed by atoms with E-state index in [9.17, 15) is 4.79 Å². The van der Waals surface area contributed by atoms with Crippen LogP contribution in [-0.4, -0.2) is 19.0 Å². The number of hydrogen-bond acceptors (Lipinski definition) is 4. The predicted octanol–water partition coefficient (Wildman–Crippen LogP) is 4.78. The summed E-state index contributed by atoms with van der Waals surface area (Å²) in [5, 5.41) is 2.04. The SMILES string of the molecule is O=C(COCCc1cccs1)c1cc(Br)sc1Br. The van der Waals surface area contributed by atoms with Crippen LogP contribution in [0.3, 0.4) is 0 Å². The van der Waals surface area contributed by atoms with Gasteiger partial charge in [-0.3, -0.25) is 4.79 Å². The fourth-order valence-electron chi connectivity index (χ4n) is 1.40. The van der Waals surface area contributed by atoms with Crippen LogP contribution in [-0.2, 0) is 11.2 Å². The highest BCUT2D eigenvalue weighted by Gasteiger charge is 2.13. The van der Waals surface area contributed by atoms with Gasteiger partial charge in [0.05, 0.1) is 14.2 Å². The molecule has 0 spiro atoms. The molecule has 0 radical (unpaired) electrons. The first-order valence-corrected chi connectivity index (χ1v) is 8.53.